The predicted molar refractivity (Wildman–Crippen MR) is 123 cm³/mol. The summed E-state index contributed by atoms with van der Waals surface area (Å²) in [6, 6.07) is 5.02. The molecule has 9 nitrogen and oxygen atoms in total. The smallest absolute Gasteiger partial charge is 0.247 e. The molecule has 2 aliphatic carbocycles. The number of nitrogens with one attached hydrogen (secondary N) is 3. The van der Waals surface area contributed by atoms with Gasteiger partial charge in [-0.3, -0.25) is 9.59 Å². The Morgan fingerprint density at radius 3 is 2.81 bits per heavy atom. The quantitative estimate of drug-likeness (QED) is 0.448. The molecule has 10 heteroatoms. The summed E-state index contributed by atoms with van der Waals surface area (Å²) < 4.78 is 5.40. The van der Waals surface area contributed by atoms with Gasteiger partial charge < -0.3 is 26.4 Å². The van der Waals surface area contributed by atoms with Crippen molar-refractivity contribution in [3.05, 3.63) is 42.1 Å². The van der Waals surface area contributed by atoms with Gasteiger partial charge in [-0.1, -0.05) is 18.2 Å². The van der Waals surface area contributed by atoms with Gasteiger partial charge in [-0.15, -0.1) is 0 Å². The van der Waals surface area contributed by atoms with Crippen LogP contribution in [-0.2, 0) is 9.59 Å². The van der Waals surface area contributed by atoms with E-state index < -0.39 is 0 Å². The highest BCUT2D eigenvalue weighted by atomic mass is 35.5. The molecule has 168 valence electrons. The number of nitrogens with two attached hydrogens (primary N) is 1. The molecule has 4 unspecified atom stereocenters. The van der Waals surface area contributed by atoms with Crippen molar-refractivity contribution in [2.75, 3.05) is 23.1 Å². The number of rotatable bonds is 8. The Kier molecular flexibility index (Phi) is 6.18. The molecule has 2 amide bonds. The molecule has 2 aromatic rings. The standard InChI is InChI=1S/C22H25ClN6O3/c1-3-17(30)26-13-6-7-16(32-2)15(9-13)27-22-25-10-14(23)21(29-22)28-19-12-5-4-11(8-12)18(19)20(24)31/h3,6-7,9-12,18-19H,1,4-5,8H2,2H3,(H2,24,31)(H,26,30)(H2,25,27,28,29). The van der Waals surface area contributed by atoms with Crippen LogP contribution in [0.2, 0.25) is 5.02 Å². The highest BCUT2D eigenvalue weighted by Crippen LogP contribution is 2.49. The fourth-order valence-corrected chi connectivity index (χ4v) is 4.94. The maximum Gasteiger partial charge on any atom is 0.247 e. The summed E-state index contributed by atoms with van der Waals surface area (Å²) in [6.07, 6.45) is 5.74. The maximum atomic E-state index is 12.0. The number of fused-ring (bicyclic) bond motifs is 2. The molecule has 2 saturated carbocycles. The molecule has 1 heterocycles. The average Bonchev–Trinajstić information content (AvgIpc) is 3.38. The first-order chi connectivity index (χ1) is 15.4. The number of methoxy groups -OCH3 is 1. The zero-order chi connectivity index (χ0) is 22.8. The van der Waals surface area contributed by atoms with Gasteiger partial charge in [0.1, 0.15) is 10.8 Å². The second kappa shape index (κ2) is 9.04. The Bertz CT molecular complexity index is 1060. The molecule has 0 saturated heterocycles. The Balaban J connectivity index is 1.57. The van der Waals surface area contributed by atoms with Crippen molar-refractivity contribution < 1.29 is 14.3 Å². The fourth-order valence-electron chi connectivity index (χ4n) is 4.79. The van der Waals surface area contributed by atoms with Crippen LogP contribution in [0.25, 0.3) is 0 Å². The molecule has 0 radical (unpaired) electrons. The van der Waals surface area contributed by atoms with Gasteiger partial charge in [0.15, 0.2) is 5.82 Å². The van der Waals surface area contributed by atoms with Gasteiger partial charge in [-0.2, -0.15) is 4.98 Å². The second-order valence-electron chi connectivity index (χ2n) is 8.06. The van der Waals surface area contributed by atoms with Gasteiger partial charge in [0.2, 0.25) is 17.8 Å². The lowest BCUT2D eigenvalue weighted by atomic mass is 9.84. The largest absolute Gasteiger partial charge is 0.495 e. The van der Waals surface area contributed by atoms with E-state index in [0.29, 0.717) is 39.8 Å². The lowest BCUT2D eigenvalue weighted by Crippen LogP contribution is -2.42. The lowest BCUT2D eigenvalue weighted by molar-refractivity contribution is -0.123. The number of hydrogen-bond acceptors (Lipinski definition) is 7. The molecule has 0 aliphatic heterocycles. The highest BCUT2D eigenvalue weighted by Gasteiger charge is 2.50. The number of ether oxygens (including phenoxy) is 1. The number of hydrogen-bond donors (Lipinski definition) is 4. The Morgan fingerprint density at radius 1 is 1.31 bits per heavy atom. The van der Waals surface area contributed by atoms with Crippen LogP contribution in [0.15, 0.2) is 37.1 Å². The molecule has 4 atom stereocenters. The normalized spacial score (nSPS) is 23.4. The van der Waals surface area contributed by atoms with E-state index >= 15 is 0 Å². The minimum atomic E-state index is -0.329. The first-order valence-electron chi connectivity index (χ1n) is 10.4. The molecule has 1 aromatic heterocycles. The van der Waals surface area contributed by atoms with Gasteiger partial charge in [-0.05, 0) is 55.4 Å². The first kappa shape index (κ1) is 21.9. The Morgan fingerprint density at radius 2 is 2.09 bits per heavy atom. The van der Waals surface area contributed by atoms with Crippen molar-refractivity contribution in [1.82, 2.24) is 9.97 Å². The van der Waals surface area contributed by atoms with Crippen LogP contribution in [-0.4, -0.2) is 34.9 Å². The molecular formula is C22H25ClN6O3. The molecule has 2 aliphatic rings. The second-order valence-corrected chi connectivity index (χ2v) is 8.46. The van der Waals surface area contributed by atoms with Crippen LogP contribution >= 0.6 is 11.6 Å². The van der Waals surface area contributed by atoms with Crippen LogP contribution in [0.4, 0.5) is 23.1 Å². The number of nitrogens with zero attached hydrogens (tertiary/aromatic N) is 2. The van der Waals surface area contributed by atoms with E-state index in [9.17, 15) is 9.59 Å². The summed E-state index contributed by atoms with van der Waals surface area (Å²) in [5.74, 6) is 1.07. The van der Waals surface area contributed by atoms with Crippen LogP contribution in [0, 0.1) is 17.8 Å². The first-order valence-corrected chi connectivity index (χ1v) is 10.7. The van der Waals surface area contributed by atoms with Gasteiger partial charge in [0.05, 0.1) is 24.9 Å². The molecule has 1 aromatic carbocycles. The van der Waals surface area contributed by atoms with Crippen LogP contribution < -0.4 is 26.4 Å². The Hall–Kier alpha value is -3.33. The minimum Gasteiger partial charge on any atom is -0.495 e. The summed E-state index contributed by atoms with van der Waals surface area (Å²) in [4.78, 5) is 32.4. The third-order valence-corrected chi connectivity index (χ3v) is 6.47. The van der Waals surface area contributed by atoms with Crippen LogP contribution in [0.1, 0.15) is 19.3 Å². The third kappa shape index (κ3) is 4.34. The number of anilines is 4. The van der Waals surface area contributed by atoms with E-state index in [2.05, 4.69) is 32.5 Å². The number of primary amides is 1. The topological polar surface area (TPSA) is 131 Å². The summed E-state index contributed by atoms with van der Waals surface area (Å²) in [6.45, 7) is 3.45. The zero-order valence-electron chi connectivity index (χ0n) is 17.6. The molecule has 2 bridgehead atoms. The maximum absolute atomic E-state index is 12.0. The number of aromatic nitrogens is 2. The van der Waals surface area contributed by atoms with Gasteiger partial charge in [0.25, 0.3) is 0 Å². The zero-order valence-corrected chi connectivity index (χ0v) is 18.4. The van der Waals surface area contributed by atoms with Gasteiger partial charge >= 0.3 is 0 Å². The van der Waals surface area contributed by atoms with Gasteiger partial charge in [-0.25, -0.2) is 4.98 Å². The summed E-state index contributed by atoms with van der Waals surface area (Å²) in [7, 11) is 1.54. The molecular weight excluding hydrogens is 432 g/mol. The van der Waals surface area contributed by atoms with E-state index in [-0.39, 0.29) is 29.7 Å². The molecule has 2 fully saturated rings. The number of carbonyl (C=O) groups excluding carboxylic acids is 2. The number of halogens is 1. The number of amides is 2. The highest BCUT2D eigenvalue weighted by molar-refractivity contribution is 6.32. The van der Waals surface area contributed by atoms with Crippen LogP contribution in [0.3, 0.4) is 0 Å². The molecule has 0 spiro atoms. The van der Waals surface area contributed by atoms with Crippen molar-refractivity contribution in [2.45, 2.75) is 25.3 Å². The number of benzene rings is 1. The summed E-state index contributed by atoms with van der Waals surface area (Å²) in [5.41, 5.74) is 6.79. The van der Waals surface area contributed by atoms with E-state index in [1.54, 1.807) is 18.2 Å². The lowest BCUT2D eigenvalue weighted by Gasteiger charge is -2.30. The molecule has 32 heavy (non-hydrogen) atoms. The van der Waals surface area contributed by atoms with E-state index in [1.807, 2.05) is 0 Å². The SMILES string of the molecule is C=CC(=O)Nc1ccc(OC)c(Nc2ncc(Cl)c(NC3C4CCC(C4)C3C(N)=O)n2)c1. The van der Waals surface area contributed by atoms with Crippen molar-refractivity contribution in [3.8, 4) is 5.75 Å². The van der Waals surface area contributed by atoms with Crippen molar-refractivity contribution >= 4 is 46.6 Å². The van der Waals surface area contributed by atoms with E-state index in [0.717, 1.165) is 19.3 Å². The van der Waals surface area contributed by atoms with Gasteiger partial charge in [0, 0.05) is 11.7 Å². The Labute approximate surface area is 190 Å². The third-order valence-electron chi connectivity index (χ3n) is 6.19. The van der Waals surface area contributed by atoms with Crippen LogP contribution in [0.5, 0.6) is 5.75 Å². The predicted octanol–water partition coefficient (Wildman–Crippen LogP) is 3.32. The van der Waals surface area contributed by atoms with Crippen molar-refractivity contribution in [3.63, 3.8) is 0 Å². The number of carbonyl (C=O) groups is 2. The summed E-state index contributed by atoms with van der Waals surface area (Å²) in [5, 5.41) is 9.50. The summed E-state index contributed by atoms with van der Waals surface area (Å²) >= 11 is 6.35. The minimum absolute atomic E-state index is 0.0986. The van der Waals surface area contributed by atoms with Crippen molar-refractivity contribution in [1.29, 1.82) is 0 Å². The fraction of sp³-hybridized carbons (Fsp3) is 0.364. The molecule has 4 rings (SSSR count). The van der Waals surface area contributed by atoms with Crippen molar-refractivity contribution in [2.24, 2.45) is 23.5 Å². The molecule has 5 N–H and O–H groups in total. The average molecular weight is 457 g/mol. The van der Waals surface area contributed by atoms with E-state index in [4.69, 9.17) is 22.1 Å². The monoisotopic (exact) mass is 456 g/mol. The van der Waals surface area contributed by atoms with E-state index in [1.165, 1.54) is 19.4 Å².